The molecule has 3 aliphatic heterocycles. The van der Waals surface area contributed by atoms with Gasteiger partial charge in [0, 0.05) is 82.5 Å². The zero-order valence-electron chi connectivity index (χ0n) is 80.0. The Kier molecular flexibility index (Phi) is 20.7. The molecule has 2 nitrogen and oxygen atoms in total. The molecule has 3 aromatic heterocycles. The Bertz CT molecular complexity index is 9840. The summed E-state index contributed by atoms with van der Waals surface area (Å²) in [6.07, 6.45) is 0. The normalized spacial score (nSPS) is 13.5. The Morgan fingerprint density at radius 3 is 0.803 bits per heavy atom. The van der Waals surface area contributed by atoms with E-state index in [0.29, 0.717) is 0 Å². The van der Waals surface area contributed by atoms with Crippen LogP contribution in [0.1, 0.15) is 66.8 Å². The van der Waals surface area contributed by atoms with Crippen molar-refractivity contribution < 1.29 is 0 Å². The van der Waals surface area contributed by atoms with Gasteiger partial charge in [-0.15, -0.1) is 11.3 Å². The molecule has 0 spiro atoms. The van der Waals surface area contributed by atoms with Crippen LogP contribution in [-0.4, -0.2) is 9.13 Å². The summed E-state index contributed by atoms with van der Waals surface area (Å²) in [5.74, 6) is 0. The zero-order chi connectivity index (χ0) is 96.8. The van der Waals surface area contributed by atoms with Crippen molar-refractivity contribution in [2.45, 2.75) is 45.6 Å². The van der Waals surface area contributed by atoms with Crippen LogP contribution in [0.2, 0.25) is 0 Å². The van der Waals surface area contributed by atoms with Crippen molar-refractivity contribution in [2.75, 3.05) is 0 Å². The minimum Gasteiger partial charge on any atom is -0.309 e. The van der Waals surface area contributed by atoms with Gasteiger partial charge in [0.15, 0.2) is 0 Å². The van der Waals surface area contributed by atoms with Gasteiger partial charge in [0.2, 0.25) is 0 Å². The summed E-state index contributed by atoms with van der Waals surface area (Å²) in [6, 6.07) is 203. The van der Waals surface area contributed by atoms with Crippen molar-refractivity contribution in [1.29, 1.82) is 0 Å². The molecule has 0 N–H and O–H groups in total. The largest absolute Gasteiger partial charge is 0.309 e. The van der Waals surface area contributed by atoms with Crippen LogP contribution in [0.5, 0.6) is 0 Å². The lowest BCUT2D eigenvalue weighted by atomic mass is 9.62. The van der Waals surface area contributed by atoms with Crippen molar-refractivity contribution in [3.63, 3.8) is 0 Å². The van der Waals surface area contributed by atoms with E-state index in [0.717, 1.165) is 5.69 Å². The van der Waals surface area contributed by atoms with Crippen molar-refractivity contribution >= 4 is 175 Å². The molecule has 0 radical (unpaired) electrons. The highest BCUT2D eigenvalue weighted by Crippen LogP contribution is 2.64. The summed E-state index contributed by atoms with van der Waals surface area (Å²) in [5.41, 5.74) is 26.3. The van der Waals surface area contributed by atoms with Crippen molar-refractivity contribution in [2.24, 2.45) is 0 Å². The van der Waals surface area contributed by atoms with E-state index in [9.17, 15) is 0 Å². The summed E-state index contributed by atoms with van der Waals surface area (Å²) in [6.45, 7) is 0. The van der Waals surface area contributed by atoms with Gasteiger partial charge in [0.05, 0.1) is 38.3 Å². The summed E-state index contributed by atoms with van der Waals surface area (Å²) in [5, 5.41) is 23.1. The molecule has 147 heavy (non-hydrogen) atoms. The molecule has 0 unspecified atom stereocenters. The van der Waals surface area contributed by atoms with Crippen LogP contribution >= 0.6 is 46.6 Å². The third kappa shape index (κ3) is 13.5. The highest BCUT2D eigenvalue weighted by atomic mass is 32.2. The number of thiophene rings is 1. The van der Waals surface area contributed by atoms with Gasteiger partial charge >= 0.3 is 0 Å². The van der Waals surface area contributed by atoms with Crippen LogP contribution in [0.15, 0.2) is 575 Å². The molecule has 0 saturated carbocycles. The van der Waals surface area contributed by atoms with Crippen LogP contribution in [0.4, 0.5) is 0 Å². The number of para-hydroxylation sites is 4. The molecular formula is C141H90N2S4. The molecule has 0 amide bonds. The first-order chi connectivity index (χ1) is 72.9. The Labute approximate surface area is 868 Å². The second-order valence-electron chi connectivity index (χ2n) is 38.9. The van der Waals surface area contributed by atoms with E-state index < -0.39 is 16.2 Å². The monoisotopic (exact) mass is 1940 g/mol. The first-order valence-corrected chi connectivity index (χ1v) is 53.8. The summed E-state index contributed by atoms with van der Waals surface area (Å²) < 4.78 is 7.48. The van der Waals surface area contributed by atoms with Gasteiger partial charge in [0.25, 0.3) is 0 Å². The molecule has 0 saturated heterocycles. The molecule has 31 rings (SSSR count). The van der Waals surface area contributed by atoms with Crippen LogP contribution in [0, 0.1) is 0 Å². The molecule has 6 heterocycles. The van der Waals surface area contributed by atoms with Crippen LogP contribution in [0.25, 0.3) is 162 Å². The fourth-order valence-corrected chi connectivity index (χ4v) is 30.1. The van der Waals surface area contributed by atoms with Crippen LogP contribution in [-0.2, 0) is 16.2 Å². The number of rotatable bonds is 10. The SMILES string of the molecule is c1ccc(-n2c3ccccc3c3c(-c4ccc(C5(c6ccccc6)c6c(ccc7ccccc67)Sc6ccc7ccccc7c65)cc4)cccc32)cc1.c1ccc(C2(c3ccc(-c4ccc5c(c4)sc4ccccc45)cc3)c3c(ccc4ccccc34)Sc3ccc4ccccc4c32)cc1.c1ccc(C2(c3ccc(-n4c5ccccc5c5ccccc54)cc3)c3c(ccc4ccccc34)Sc3ccc4ccccc4c32)cc1. The highest BCUT2D eigenvalue weighted by Gasteiger charge is 2.51. The minimum absolute atomic E-state index is 0.521. The van der Waals surface area contributed by atoms with Gasteiger partial charge in [-0.25, -0.2) is 0 Å². The van der Waals surface area contributed by atoms with Gasteiger partial charge < -0.3 is 9.13 Å². The van der Waals surface area contributed by atoms with Crippen LogP contribution < -0.4 is 0 Å². The lowest BCUT2D eigenvalue weighted by Gasteiger charge is -2.43. The third-order valence-corrected chi connectivity index (χ3v) is 35.9. The molecule has 0 aliphatic carbocycles. The van der Waals surface area contributed by atoms with E-state index in [-0.39, 0.29) is 0 Å². The van der Waals surface area contributed by atoms with Crippen molar-refractivity contribution in [1.82, 2.24) is 9.13 Å². The van der Waals surface area contributed by atoms with Gasteiger partial charge in [-0.05, 0) is 251 Å². The Morgan fingerprint density at radius 1 is 0.156 bits per heavy atom. The number of hydrogen-bond donors (Lipinski definition) is 0. The van der Waals surface area contributed by atoms with E-state index in [1.165, 1.54) is 252 Å². The molecule has 28 aromatic rings. The average Bonchev–Trinajstić information content (AvgIpc) is 1.54. The fourth-order valence-electron chi connectivity index (χ4n) is 25.3. The first-order valence-electron chi connectivity index (χ1n) is 50.6. The number of hydrogen-bond acceptors (Lipinski definition) is 4. The molecule has 3 aliphatic rings. The molecule has 6 heteroatoms. The summed E-state index contributed by atoms with van der Waals surface area (Å²) >= 11 is 7.59. The summed E-state index contributed by atoms with van der Waals surface area (Å²) in [4.78, 5) is 7.85. The number of aromatic nitrogens is 2. The average molecular weight is 1940 g/mol. The first kappa shape index (κ1) is 86.6. The predicted molar refractivity (Wildman–Crippen MR) is 624 cm³/mol. The maximum Gasteiger partial charge on any atom is 0.0735 e. The van der Waals surface area contributed by atoms with Crippen LogP contribution in [0.3, 0.4) is 0 Å². The topological polar surface area (TPSA) is 9.86 Å². The van der Waals surface area contributed by atoms with E-state index in [1.54, 1.807) is 0 Å². The smallest absolute Gasteiger partial charge is 0.0735 e. The minimum atomic E-state index is -0.563. The second-order valence-corrected chi connectivity index (χ2v) is 43.2. The predicted octanol–water partition coefficient (Wildman–Crippen LogP) is 38.4. The van der Waals surface area contributed by atoms with E-state index in [2.05, 4.69) is 555 Å². The van der Waals surface area contributed by atoms with Gasteiger partial charge in [-0.3, -0.25) is 0 Å². The van der Waals surface area contributed by atoms with Gasteiger partial charge in [0.1, 0.15) is 0 Å². The maximum absolute atomic E-state index is 2.41. The fraction of sp³-hybridized carbons (Fsp3) is 0.0213. The van der Waals surface area contributed by atoms with E-state index in [1.807, 2.05) is 46.6 Å². The lowest BCUT2D eigenvalue weighted by molar-refractivity contribution is 0.718. The molecule has 0 atom stereocenters. The van der Waals surface area contributed by atoms with E-state index in [4.69, 9.17) is 0 Å². The molecule has 0 fully saturated rings. The second kappa shape index (κ2) is 35.2. The van der Waals surface area contributed by atoms with E-state index >= 15 is 0 Å². The Balaban J connectivity index is 0.000000104. The third-order valence-electron chi connectivity index (χ3n) is 31.4. The quantitative estimate of drug-likeness (QED) is 0.135. The standard InChI is InChI=1S/C51H33NS.C45H29NS.C45H28S2/c1-3-16-37(17-4-1)51(49-41-20-9-7-14-34(41)28-32-46(49)53-47-33-29-35-15-8-10-21-42(35)50(47)51)38-30-26-36(27-31-38)40-23-13-25-45-48(40)43-22-11-12-24-44(43)52(45)39-18-5-2-6-19-39;1-2-14-32(15-3-1)45(33-24-26-34(27-25-33)46-39-20-10-8-18-37(39)38-19-9-11-21-40(38)46)43-35-16-6-4-12-30(35)22-28-41(43)47-42-29-23-31-13-5-7-17-36(31)44(42)45;1-2-12-33(13-3-1)45(34-23-18-29(19-24-34)32-20-25-38-37-16-8-9-17-39(37)46-42(38)28-32)43-35-14-6-4-10-30(35)21-26-40(43)47-41-27-22-31-11-5-7-15-36(31)44(41)45/h1-33H;1-29H;1-28H. The highest BCUT2D eigenvalue weighted by molar-refractivity contribution is 8.00. The van der Waals surface area contributed by atoms with Gasteiger partial charge in [-0.1, -0.05) is 484 Å². The molecule has 0 bridgehead atoms. The Hall–Kier alpha value is -17.1. The zero-order valence-corrected chi connectivity index (χ0v) is 83.3. The van der Waals surface area contributed by atoms with Crippen molar-refractivity contribution in [3.8, 4) is 33.6 Å². The summed E-state index contributed by atoms with van der Waals surface area (Å²) in [7, 11) is 0. The van der Waals surface area contributed by atoms with Crippen molar-refractivity contribution in [3.05, 3.63) is 613 Å². The molecule has 688 valence electrons. The number of nitrogens with zero attached hydrogens (tertiary/aromatic N) is 2. The molecule has 25 aromatic carbocycles. The van der Waals surface area contributed by atoms with Gasteiger partial charge in [-0.2, -0.15) is 0 Å². The number of benzene rings is 25. The molecular weight excluding hydrogens is 1850 g/mol. The number of fused-ring (bicyclic) bond motifs is 27. The Morgan fingerprint density at radius 2 is 0.422 bits per heavy atom. The lowest BCUT2D eigenvalue weighted by Crippen LogP contribution is -2.34. The maximum atomic E-state index is 2.41.